The molecule has 100 valence electrons. The second-order valence-electron chi connectivity index (χ2n) is 4.44. The Morgan fingerprint density at radius 3 is 2.58 bits per heavy atom. The van der Waals surface area contributed by atoms with E-state index in [0.717, 1.165) is 11.3 Å². The fourth-order valence-corrected chi connectivity index (χ4v) is 1.95. The first-order valence-corrected chi connectivity index (χ1v) is 6.12. The molecular weight excluding hydrogens is 245 g/mol. The van der Waals surface area contributed by atoms with Gasteiger partial charge in [-0.25, -0.2) is 4.39 Å². The molecule has 0 aliphatic heterocycles. The lowest BCUT2D eigenvalue weighted by Crippen LogP contribution is -2.26. The minimum absolute atomic E-state index is 0.133. The minimum atomic E-state index is -0.252. The van der Waals surface area contributed by atoms with Crippen molar-refractivity contribution >= 4 is 5.91 Å². The number of benzene rings is 1. The van der Waals surface area contributed by atoms with E-state index in [2.05, 4.69) is 15.5 Å². The summed E-state index contributed by atoms with van der Waals surface area (Å²) in [5.74, 6) is -0.386. The summed E-state index contributed by atoms with van der Waals surface area (Å²) >= 11 is 0. The van der Waals surface area contributed by atoms with E-state index in [-0.39, 0.29) is 11.7 Å². The molecule has 0 spiro atoms. The molecule has 0 aliphatic carbocycles. The molecule has 0 bridgehead atoms. The van der Waals surface area contributed by atoms with Gasteiger partial charge < -0.3 is 5.32 Å². The Hall–Kier alpha value is -2.17. The molecule has 1 aromatic heterocycles. The molecule has 2 aromatic rings. The molecular formula is C14H16FN3O. The van der Waals surface area contributed by atoms with Gasteiger partial charge in [0, 0.05) is 12.2 Å². The summed E-state index contributed by atoms with van der Waals surface area (Å²) in [6.45, 7) is 4.11. The topological polar surface area (TPSA) is 57.8 Å². The Balaban J connectivity index is 1.89. The molecule has 1 heterocycles. The SMILES string of the molecule is Cc1n[nH]c(C)c1C(=O)NCCc1ccc(F)cc1. The molecule has 2 rings (SSSR count). The Kier molecular flexibility index (Phi) is 3.94. The van der Waals surface area contributed by atoms with Crippen molar-refractivity contribution in [3.63, 3.8) is 0 Å². The zero-order chi connectivity index (χ0) is 13.8. The largest absolute Gasteiger partial charge is 0.352 e. The smallest absolute Gasteiger partial charge is 0.255 e. The molecule has 0 aliphatic rings. The van der Waals surface area contributed by atoms with E-state index >= 15 is 0 Å². The van der Waals surface area contributed by atoms with Crippen molar-refractivity contribution in [1.29, 1.82) is 0 Å². The minimum Gasteiger partial charge on any atom is -0.352 e. The molecule has 4 nitrogen and oxygen atoms in total. The van der Waals surface area contributed by atoms with E-state index < -0.39 is 0 Å². The zero-order valence-corrected chi connectivity index (χ0v) is 11.0. The average molecular weight is 261 g/mol. The van der Waals surface area contributed by atoms with Crippen LogP contribution < -0.4 is 5.32 Å². The van der Waals surface area contributed by atoms with Crippen molar-refractivity contribution in [1.82, 2.24) is 15.5 Å². The van der Waals surface area contributed by atoms with Gasteiger partial charge in [0.15, 0.2) is 0 Å². The molecule has 0 atom stereocenters. The predicted molar refractivity (Wildman–Crippen MR) is 70.5 cm³/mol. The van der Waals surface area contributed by atoms with E-state index in [1.165, 1.54) is 12.1 Å². The number of rotatable bonds is 4. The van der Waals surface area contributed by atoms with Crippen molar-refractivity contribution in [2.45, 2.75) is 20.3 Å². The summed E-state index contributed by atoms with van der Waals surface area (Å²) < 4.78 is 12.7. The van der Waals surface area contributed by atoms with Crippen LogP contribution >= 0.6 is 0 Å². The number of aromatic nitrogens is 2. The first kappa shape index (κ1) is 13.3. The van der Waals surface area contributed by atoms with Gasteiger partial charge >= 0.3 is 0 Å². The number of nitrogens with zero attached hydrogens (tertiary/aromatic N) is 1. The van der Waals surface area contributed by atoms with Crippen LogP contribution in [0, 0.1) is 19.7 Å². The van der Waals surface area contributed by atoms with Crippen LogP contribution in [0.15, 0.2) is 24.3 Å². The number of aromatic amines is 1. The standard InChI is InChI=1S/C14H16FN3O/c1-9-13(10(2)18-17-9)14(19)16-8-7-11-3-5-12(15)6-4-11/h3-6H,7-8H2,1-2H3,(H,16,19)(H,17,18). The van der Waals surface area contributed by atoms with Crippen molar-refractivity contribution in [2.24, 2.45) is 0 Å². The van der Waals surface area contributed by atoms with Crippen molar-refractivity contribution in [3.05, 3.63) is 52.6 Å². The highest BCUT2D eigenvalue weighted by molar-refractivity contribution is 5.96. The summed E-state index contributed by atoms with van der Waals surface area (Å²) in [6.07, 6.45) is 0.669. The van der Waals surface area contributed by atoms with Gasteiger partial charge in [-0.2, -0.15) is 5.10 Å². The van der Waals surface area contributed by atoms with Crippen LogP contribution in [-0.4, -0.2) is 22.6 Å². The number of halogens is 1. The molecule has 1 aromatic carbocycles. The number of hydrogen-bond acceptors (Lipinski definition) is 2. The lowest BCUT2D eigenvalue weighted by atomic mass is 10.1. The number of carbonyl (C=O) groups excluding carboxylic acids is 1. The molecule has 0 saturated carbocycles. The monoisotopic (exact) mass is 261 g/mol. The van der Waals surface area contributed by atoms with Gasteiger partial charge in [0.2, 0.25) is 0 Å². The van der Waals surface area contributed by atoms with Crippen LogP contribution in [0.4, 0.5) is 4.39 Å². The third kappa shape index (κ3) is 3.19. The first-order chi connectivity index (χ1) is 9.08. The van der Waals surface area contributed by atoms with E-state index in [1.807, 2.05) is 6.92 Å². The summed E-state index contributed by atoms with van der Waals surface area (Å²) in [4.78, 5) is 12.0. The average Bonchev–Trinajstić information content (AvgIpc) is 2.71. The lowest BCUT2D eigenvalue weighted by molar-refractivity contribution is 0.0953. The Labute approximate surface area is 111 Å². The normalized spacial score (nSPS) is 10.5. The van der Waals surface area contributed by atoms with Gasteiger partial charge in [-0.1, -0.05) is 12.1 Å². The van der Waals surface area contributed by atoms with Crippen LogP contribution in [0.1, 0.15) is 27.3 Å². The van der Waals surface area contributed by atoms with Gasteiger partial charge in [-0.05, 0) is 38.0 Å². The number of aryl methyl sites for hydroxylation is 2. The number of carbonyl (C=O) groups is 1. The number of hydrogen-bond donors (Lipinski definition) is 2. The summed E-state index contributed by atoms with van der Waals surface area (Å²) in [7, 11) is 0. The fourth-order valence-electron chi connectivity index (χ4n) is 1.95. The highest BCUT2D eigenvalue weighted by atomic mass is 19.1. The molecule has 0 saturated heterocycles. The van der Waals surface area contributed by atoms with E-state index in [1.54, 1.807) is 19.1 Å². The first-order valence-electron chi connectivity index (χ1n) is 6.12. The molecule has 19 heavy (non-hydrogen) atoms. The molecule has 0 fully saturated rings. The van der Waals surface area contributed by atoms with Crippen LogP contribution in [-0.2, 0) is 6.42 Å². The van der Waals surface area contributed by atoms with E-state index in [4.69, 9.17) is 0 Å². The van der Waals surface area contributed by atoms with E-state index in [9.17, 15) is 9.18 Å². The quantitative estimate of drug-likeness (QED) is 0.886. The Morgan fingerprint density at radius 2 is 2.00 bits per heavy atom. The summed E-state index contributed by atoms with van der Waals surface area (Å²) in [6, 6.07) is 6.27. The fraction of sp³-hybridized carbons (Fsp3) is 0.286. The highest BCUT2D eigenvalue weighted by Gasteiger charge is 2.14. The maximum Gasteiger partial charge on any atom is 0.255 e. The highest BCUT2D eigenvalue weighted by Crippen LogP contribution is 2.09. The van der Waals surface area contributed by atoms with Gasteiger partial charge in [-0.15, -0.1) is 0 Å². The van der Waals surface area contributed by atoms with Gasteiger partial charge in [-0.3, -0.25) is 9.89 Å². The number of nitrogens with one attached hydrogen (secondary N) is 2. The Bertz CT molecular complexity index is 555. The maximum absolute atomic E-state index is 12.7. The number of H-pyrrole nitrogens is 1. The van der Waals surface area contributed by atoms with Gasteiger partial charge in [0.1, 0.15) is 5.82 Å². The summed E-state index contributed by atoms with van der Waals surface area (Å²) in [5, 5.41) is 9.60. The second kappa shape index (κ2) is 5.65. The third-order valence-electron chi connectivity index (χ3n) is 2.97. The molecule has 0 radical (unpaired) electrons. The van der Waals surface area contributed by atoms with Gasteiger partial charge in [0.05, 0.1) is 11.3 Å². The van der Waals surface area contributed by atoms with Crippen molar-refractivity contribution in [2.75, 3.05) is 6.54 Å². The Morgan fingerprint density at radius 1 is 1.32 bits per heavy atom. The summed E-state index contributed by atoms with van der Waals surface area (Å²) in [5.41, 5.74) is 3.04. The van der Waals surface area contributed by atoms with Crippen molar-refractivity contribution < 1.29 is 9.18 Å². The van der Waals surface area contributed by atoms with E-state index in [0.29, 0.717) is 24.2 Å². The maximum atomic E-state index is 12.7. The molecule has 0 unspecified atom stereocenters. The van der Waals surface area contributed by atoms with Crippen LogP contribution in [0.3, 0.4) is 0 Å². The van der Waals surface area contributed by atoms with Crippen LogP contribution in [0.2, 0.25) is 0 Å². The van der Waals surface area contributed by atoms with Crippen LogP contribution in [0.5, 0.6) is 0 Å². The third-order valence-corrected chi connectivity index (χ3v) is 2.97. The predicted octanol–water partition coefficient (Wildman–Crippen LogP) is 2.14. The lowest BCUT2D eigenvalue weighted by Gasteiger charge is -2.05. The zero-order valence-electron chi connectivity index (χ0n) is 11.0. The number of amides is 1. The molecule has 1 amide bonds. The van der Waals surface area contributed by atoms with Crippen LogP contribution in [0.25, 0.3) is 0 Å². The van der Waals surface area contributed by atoms with Crippen molar-refractivity contribution in [3.8, 4) is 0 Å². The molecule has 5 heteroatoms. The second-order valence-corrected chi connectivity index (χ2v) is 4.44. The molecule has 2 N–H and O–H groups in total. The van der Waals surface area contributed by atoms with Gasteiger partial charge in [0.25, 0.3) is 5.91 Å².